The van der Waals surface area contributed by atoms with Gasteiger partial charge in [0.2, 0.25) is 11.8 Å². The Hall–Kier alpha value is -1.84. The van der Waals surface area contributed by atoms with E-state index < -0.39 is 0 Å². The number of nitrogens with one attached hydrogen (secondary N) is 1. The molecule has 4 heteroatoms. The zero-order chi connectivity index (χ0) is 15.0. The summed E-state index contributed by atoms with van der Waals surface area (Å²) in [6.45, 7) is 4.64. The van der Waals surface area contributed by atoms with Gasteiger partial charge in [0.1, 0.15) is 0 Å². The number of rotatable bonds is 4. The Morgan fingerprint density at radius 3 is 2.71 bits per heavy atom. The van der Waals surface area contributed by atoms with Gasteiger partial charge in [0.25, 0.3) is 0 Å². The lowest BCUT2D eigenvalue weighted by Gasteiger charge is -2.19. The Labute approximate surface area is 125 Å². The summed E-state index contributed by atoms with van der Waals surface area (Å²) in [7, 11) is 0. The number of nitrogens with zero attached hydrogens (tertiary/aromatic N) is 1. The minimum atomic E-state index is -0.190. The lowest BCUT2D eigenvalue weighted by atomic mass is 10.0. The molecule has 1 saturated carbocycles. The molecule has 1 aliphatic carbocycles. The topological polar surface area (TPSA) is 49.4 Å². The quantitative estimate of drug-likeness (QED) is 0.922. The number of carbonyl (C=O) groups is 2. The van der Waals surface area contributed by atoms with Gasteiger partial charge in [0.15, 0.2) is 0 Å². The molecule has 2 atom stereocenters. The summed E-state index contributed by atoms with van der Waals surface area (Å²) in [5.74, 6) is -0.0481. The van der Waals surface area contributed by atoms with E-state index in [4.69, 9.17) is 0 Å². The van der Waals surface area contributed by atoms with Gasteiger partial charge in [-0.25, -0.2) is 0 Å². The fourth-order valence-corrected chi connectivity index (χ4v) is 3.13. The van der Waals surface area contributed by atoms with Crippen molar-refractivity contribution in [2.24, 2.45) is 5.92 Å². The van der Waals surface area contributed by atoms with E-state index >= 15 is 0 Å². The molecule has 1 aromatic carbocycles. The number of carbonyl (C=O) groups excluding carboxylic acids is 2. The summed E-state index contributed by atoms with van der Waals surface area (Å²) in [6, 6.07) is 8.45. The maximum Gasteiger partial charge on any atom is 0.225 e. The Bertz CT molecular complexity index is 566. The molecule has 3 rings (SSSR count). The molecule has 21 heavy (non-hydrogen) atoms. The Morgan fingerprint density at radius 1 is 1.33 bits per heavy atom. The molecule has 112 valence electrons. The van der Waals surface area contributed by atoms with Crippen molar-refractivity contribution in [2.75, 3.05) is 6.54 Å². The standard InChI is InChI=1S/C17H22N2O2/c1-11-5-3-4-6-15(11)12(2)18-17(21)13-9-16(20)19(10-13)14-7-8-14/h3-6,12-14H,7-10H2,1-2H3,(H,18,21)/t12-,13-/m1/s1. The van der Waals surface area contributed by atoms with Crippen molar-refractivity contribution in [2.45, 2.75) is 45.2 Å². The van der Waals surface area contributed by atoms with E-state index in [2.05, 4.69) is 5.32 Å². The van der Waals surface area contributed by atoms with Crippen LogP contribution in [0.1, 0.15) is 43.4 Å². The average molecular weight is 286 g/mol. The van der Waals surface area contributed by atoms with Crippen LogP contribution < -0.4 is 5.32 Å². The summed E-state index contributed by atoms with van der Waals surface area (Å²) in [6.07, 6.45) is 2.56. The summed E-state index contributed by atoms with van der Waals surface area (Å²) in [5.41, 5.74) is 2.31. The second-order valence-electron chi connectivity index (χ2n) is 6.27. The van der Waals surface area contributed by atoms with Gasteiger partial charge in [-0.15, -0.1) is 0 Å². The van der Waals surface area contributed by atoms with Gasteiger partial charge in [0, 0.05) is 19.0 Å². The highest BCUT2D eigenvalue weighted by Gasteiger charge is 2.41. The molecule has 1 aromatic rings. The first-order valence-corrected chi connectivity index (χ1v) is 7.71. The van der Waals surface area contributed by atoms with Crippen LogP contribution in [0.3, 0.4) is 0 Å². The van der Waals surface area contributed by atoms with E-state index in [0.29, 0.717) is 19.0 Å². The monoisotopic (exact) mass is 286 g/mol. The van der Waals surface area contributed by atoms with Gasteiger partial charge in [-0.05, 0) is 37.8 Å². The Kier molecular flexibility index (Phi) is 3.70. The van der Waals surface area contributed by atoms with Crippen LogP contribution in [-0.4, -0.2) is 29.3 Å². The lowest BCUT2D eigenvalue weighted by molar-refractivity contribution is -0.129. The highest BCUT2D eigenvalue weighted by Crippen LogP contribution is 2.32. The van der Waals surface area contributed by atoms with Gasteiger partial charge in [-0.2, -0.15) is 0 Å². The number of hydrogen-bond donors (Lipinski definition) is 1. The minimum absolute atomic E-state index is 0.00209. The van der Waals surface area contributed by atoms with Crippen LogP contribution in [0.4, 0.5) is 0 Å². The average Bonchev–Trinajstić information content (AvgIpc) is 3.22. The highest BCUT2D eigenvalue weighted by molar-refractivity contribution is 5.89. The van der Waals surface area contributed by atoms with Crippen molar-refractivity contribution >= 4 is 11.8 Å². The maximum absolute atomic E-state index is 12.4. The molecular weight excluding hydrogens is 264 g/mol. The summed E-state index contributed by atoms with van der Waals surface area (Å²) >= 11 is 0. The summed E-state index contributed by atoms with van der Waals surface area (Å²) in [4.78, 5) is 26.2. The first-order chi connectivity index (χ1) is 10.1. The van der Waals surface area contributed by atoms with E-state index in [1.807, 2.05) is 43.0 Å². The molecule has 0 aromatic heterocycles. The number of likely N-dealkylation sites (tertiary alicyclic amines) is 1. The second-order valence-corrected chi connectivity index (χ2v) is 6.27. The minimum Gasteiger partial charge on any atom is -0.349 e. The van der Waals surface area contributed by atoms with Gasteiger partial charge in [-0.3, -0.25) is 9.59 Å². The summed E-state index contributed by atoms with van der Waals surface area (Å²) in [5, 5.41) is 3.06. The number of benzene rings is 1. The highest BCUT2D eigenvalue weighted by atomic mass is 16.2. The third kappa shape index (κ3) is 2.94. The predicted molar refractivity (Wildman–Crippen MR) is 80.6 cm³/mol. The third-order valence-corrected chi connectivity index (χ3v) is 4.53. The molecule has 0 bridgehead atoms. The molecular formula is C17H22N2O2. The van der Waals surface area contributed by atoms with Crippen LogP contribution in [-0.2, 0) is 9.59 Å². The van der Waals surface area contributed by atoms with Crippen LogP contribution in [0.2, 0.25) is 0 Å². The molecule has 0 spiro atoms. The normalized spacial score (nSPS) is 23.2. The molecule has 1 N–H and O–H groups in total. The number of aryl methyl sites for hydroxylation is 1. The second kappa shape index (κ2) is 5.51. The SMILES string of the molecule is Cc1ccccc1[C@@H](C)NC(=O)[C@@H]1CC(=O)N(C2CC2)C1. The van der Waals surface area contributed by atoms with Crippen molar-refractivity contribution in [3.63, 3.8) is 0 Å². The molecule has 1 saturated heterocycles. The van der Waals surface area contributed by atoms with Crippen LogP contribution in [0.25, 0.3) is 0 Å². The van der Waals surface area contributed by atoms with E-state index in [1.165, 1.54) is 5.56 Å². The molecule has 2 aliphatic rings. The molecule has 0 radical (unpaired) electrons. The van der Waals surface area contributed by atoms with E-state index in [9.17, 15) is 9.59 Å². The van der Waals surface area contributed by atoms with Crippen LogP contribution in [0.15, 0.2) is 24.3 Å². The summed E-state index contributed by atoms with van der Waals surface area (Å²) < 4.78 is 0. The zero-order valence-corrected chi connectivity index (χ0v) is 12.6. The van der Waals surface area contributed by atoms with Crippen LogP contribution >= 0.6 is 0 Å². The maximum atomic E-state index is 12.4. The van der Waals surface area contributed by atoms with Crippen molar-refractivity contribution in [1.29, 1.82) is 0 Å². The first kappa shape index (κ1) is 14.1. The lowest BCUT2D eigenvalue weighted by Crippen LogP contribution is -2.35. The molecule has 1 aliphatic heterocycles. The first-order valence-electron chi connectivity index (χ1n) is 7.71. The van der Waals surface area contributed by atoms with Crippen LogP contribution in [0, 0.1) is 12.8 Å². The van der Waals surface area contributed by atoms with Crippen molar-refractivity contribution in [3.8, 4) is 0 Å². The van der Waals surface area contributed by atoms with Gasteiger partial charge < -0.3 is 10.2 Å². The predicted octanol–water partition coefficient (Wildman–Crippen LogP) is 2.18. The van der Waals surface area contributed by atoms with Gasteiger partial charge >= 0.3 is 0 Å². The Balaban J connectivity index is 1.61. The molecule has 4 nitrogen and oxygen atoms in total. The fraction of sp³-hybridized carbons (Fsp3) is 0.529. The van der Waals surface area contributed by atoms with Gasteiger partial charge in [-0.1, -0.05) is 24.3 Å². The number of amides is 2. The van der Waals surface area contributed by atoms with Crippen molar-refractivity contribution in [1.82, 2.24) is 10.2 Å². The van der Waals surface area contributed by atoms with E-state index in [1.54, 1.807) is 0 Å². The molecule has 1 heterocycles. The van der Waals surface area contributed by atoms with Crippen LogP contribution in [0.5, 0.6) is 0 Å². The molecule has 2 fully saturated rings. The largest absolute Gasteiger partial charge is 0.349 e. The smallest absolute Gasteiger partial charge is 0.225 e. The zero-order valence-electron chi connectivity index (χ0n) is 12.6. The molecule has 2 amide bonds. The Morgan fingerprint density at radius 2 is 2.05 bits per heavy atom. The van der Waals surface area contributed by atoms with Gasteiger partial charge in [0.05, 0.1) is 12.0 Å². The molecule has 0 unspecified atom stereocenters. The van der Waals surface area contributed by atoms with Crippen molar-refractivity contribution in [3.05, 3.63) is 35.4 Å². The van der Waals surface area contributed by atoms with Crippen molar-refractivity contribution < 1.29 is 9.59 Å². The fourth-order valence-electron chi connectivity index (χ4n) is 3.13. The van der Waals surface area contributed by atoms with E-state index in [-0.39, 0.29) is 23.8 Å². The number of hydrogen-bond acceptors (Lipinski definition) is 2. The third-order valence-electron chi connectivity index (χ3n) is 4.53. The van der Waals surface area contributed by atoms with E-state index in [0.717, 1.165) is 18.4 Å².